The van der Waals surface area contributed by atoms with Crippen molar-refractivity contribution < 1.29 is 4.79 Å². The number of rotatable bonds is 4. The fourth-order valence-electron chi connectivity index (χ4n) is 3.77. The van der Waals surface area contributed by atoms with Gasteiger partial charge < -0.3 is 5.32 Å². The molecule has 138 valence electrons. The molecule has 1 aliphatic rings. The summed E-state index contributed by atoms with van der Waals surface area (Å²) >= 11 is 0. The number of carbonyl (C=O) groups is 1. The lowest BCUT2D eigenvalue weighted by Gasteiger charge is -2.20. The topological polar surface area (TPSA) is 46.9 Å². The Morgan fingerprint density at radius 1 is 1.00 bits per heavy atom. The quantitative estimate of drug-likeness (QED) is 0.681. The smallest absolute Gasteiger partial charge is 0.228 e. The zero-order valence-electron chi connectivity index (χ0n) is 15.7. The zero-order valence-corrected chi connectivity index (χ0v) is 15.7. The number of carbonyl (C=O) groups excluding carboxylic acids is 1. The van der Waals surface area contributed by atoms with E-state index in [4.69, 9.17) is 5.10 Å². The van der Waals surface area contributed by atoms with Crippen LogP contribution in [0.25, 0.3) is 16.9 Å². The van der Waals surface area contributed by atoms with E-state index in [0.29, 0.717) is 0 Å². The van der Waals surface area contributed by atoms with Crippen LogP contribution in [-0.4, -0.2) is 15.7 Å². The van der Waals surface area contributed by atoms with Crippen molar-refractivity contribution in [2.24, 2.45) is 5.92 Å². The minimum Gasteiger partial charge on any atom is -0.310 e. The van der Waals surface area contributed by atoms with Gasteiger partial charge in [-0.25, -0.2) is 4.68 Å². The number of anilines is 1. The third-order valence-corrected chi connectivity index (χ3v) is 5.25. The highest BCUT2D eigenvalue weighted by atomic mass is 16.2. The molecule has 0 aliphatic heterocycles. The van der Waals surface area contributed by atoms with Crippen LogP contribution in [0.4, 0.5) is 5.82 Å². The minimum absolute atomic E-state index is 0.111. The number of amides is 1. The van der Waals surface area contributed by atoms with E-state index in [-0.39, 0.29) is 11.8 Å². The Bertz CT molecular complexity index is 924. The molecule has 1 amide bonds. The first-order chi connectivity index (χ1) is 13.2. The maximum absolute atomic E-state index is 12.8. The Labute approximate surface area is 160 Å². The van der Waals surface area contributed by atoms with E-state index >= 15 is 0 Å². The average molecular weight is 359 g/mol. The first kappa shape index (κ1) is 17.5. The van der Waals surface area contributed by atoms with Crippen LogP contribution >= 0.6 is 0 Å². The molecule has 0 unspecified atom stereocenters. The van der Waals surface area contributed by atoms with Crippen molar-refractivity contribution in [1.82, 2.24) is 9.78 Å². The number of benzene rings is 2. The van der Waals surface area contributed by atoms with Crippen molar-refractivity contribution in [2.45, 2.75) is 39.0 Å². The molecular formula is C23H25N3O. The van der Waals surface area contributed by atoms with Gasteiger partial charge in [-0.2, -0.15) is 5.10 Å². The lowest BCUT2D eigenvalue weighted by atomic mass is 9.89. The molecule has 1 aliphatic carbocycles. The second-order valence-corrected chi connectivity index (χ2v) is 7.36. The van der Waals surface area contributed by atoms with Gasteiger partial charge in [0.1, 0.15) is 5.82 Å². The van der Waals surface area contributed by atoms with Gasteiger partial charge in [0.05, 0.1) is 11.4 Å². The molecule has 0 atom stereocenters. The van der Waals surface area contributed by atoms with Gasteiger partial charge in [0.2, 0.25) is 5.91 Å². The van der Waals surface area contributed by atoms with E-state index in [2.05, 4.69) is 30.4 Å². The number of aryl methyl sites for hydroxylation is 1. The molecule has 1 heterocycles. The van der Waals surface area contributed by atoms with Gasteiger partial charge >= 0.3 is 0 Å². The third kappa shape index (κ3) is 3.95. The van der Waals surface area contributed by atoms with Crippen molar-refractivity contribution in [2.75, 3.05) is 5.32 Å². The molecule has 0 saturated heterocycles. The van der Waals surface area contributed by atoms with Crippen molar-refractivity contribution in [3.8, 4) is 16.9 Å². The summed E-state index contributed by atoms with van der Waals surface area (Å²) in [4.78, 5) is 12.8. The molecule has 0 radical (unpaired) electrons. The first-order valence-electron chi connectivity index (χ1n) is 9.74. The van der Waals surface area contributed by atoms with Crippen LogP contribution in [-0.2, 0) is 4.79 Å². The summed E-state index contributed by atoms with van der Waals surface area (Å²) in [6.45, 7) is 2.07. The summed E-state index contributed by atoms with van der Waals surface area (Å²) in [7, 11) is 0. The van der Waals surface area contributed by atoms with Crippen LogP contribution in [0.15, 0.2) is 60.7 Å². The van der Waals surface area contributed by atoms with E-state index in [1.807, 2.05) is 47.1 Å². The monoisotopic (exact) mass is 359 g/mol. The number of aromatic nitrogens is 2. The summed E-state index contributed by atoms with van der Waals surface area (Å²) in [6.07, 6.45) is 5.49. The predicted octanol–water partition coefficient (Wildman–Crippen LogP) is 5.37. The second kappa shape index (κ2) is 7.78. The Kier molecular flexibility index (Phi) is 5.05. The summed E-state index contributed by atoms with van der Waals surface area (Å²) in [5.74, 6) is 0.955. The van der Waals surface area contributed by atoms with Gasteiger partial charge in [-0.05, 0) is 38.0 Å². The number of nitrogens with zero attached hydrogens (tertiary/aromatic N) is 2. The molecule has 2 aromatic carbocycles. The molecule has 0 spiro atoms. The van der Waals surface area contributed by atoms with Crippen molar-refractivity contribution in [3.63, 3.8) is 0 Å². The average Bonchev–Trinajstić information content (AvgIpc) is 3.13. The maximum atomic E-state index is 12.8. The molecule has 1 N–H and O–H groups in total. The number of hydrogen-bond donors (Lipinski definition) is 1. The Balaban J connectivity index is 1.69. The highest BCUT2D eigenvalue weighted by molar-refractivity contribution is 5.92. The Morgan fingerprint density at radius 3 is 2.52 bits per heavy atom. The number of para-hydroxylation sites is 1. The first-order valence-corrected chi connectivity index (χ1v) is 9.74. The Morgan fingerprint density at radius 2 is 1.78 bits per heavy atom. The van der Waals surface area contributed by atoms with Crippen LogP contribution in [0.3, 0.4) is 0 Å². The molecule has 4 rings (SSSR count). The molecule has 27 heavy (non-hydrogen) atoms. The van der Waals surface area contributed by atoms with Gasteiger partial charge in [0.15, 0.2) is 0 Å². The SMILES string of the molecule is Cc1cccc(-c2cc(NC(=O)C3CCCCC3)n(-c3ccccc3)n2)c1. The van der Waals surface area contributed by atoms with Crippen LogP contribution in [0.5, 0.6) is 0 Å². The lowest BCUT2D eigenvalue weighted by molar-refractivity contribution is -0.120. The minimum atomic E-state index is 0.111. The number of hydrogen-bond acceptors (Lipinski definition) is 2. The highest BCUT2D eigenvalue weighted by Gasteiger charge is 2.23. The molecule has 1 aromatic heterocycles. The summed E-state index contributed by atoms with van der Waals surface area (Å²) < 4.78 is 1.83. The fraction of sp³-hybridized carbons (Fsp3) is 0.304. The van der Waals surface area contributed by atoms with Crippen molar-refractivity contribution in [3.05, 3.63) is 66.2 Å². The lowest BCUT2D eigenvalue weighted by Crippen LogP contribution is -2.25. The highest BCUT2D eigenvalue weighted by Crippen LogP contribution is 2.28. The normalized spacial score (nSPS) is 14.9. The zero-order chi connectivity index (χ0) is 18.6. The van der Waals surface area contributed by atoms with Gasteiger partial charge in [0.25, 0.3) is 0 Å². The maximum Gasteiger partial charge on any atom is 0.228 e. The molecule has 1 fully saturated rings. The van der Waals surface area contributed by atoms with Crippen LogP contribution < -0.4 is 5.32 Å². The van der Waals surface area contributed by atoms with E-state index in [0.717, 1.165) is 48.4 Å². The summed E-state index contributed by atoms with van der Waals surface area (Å²) in [6, 6.07) is 20.2. The van der Waals surface area contributed by atoms with Gasteiger partial charge in [-0.1, -0.05) is 61.2 Å². The molecule has 3 aromatic rings. The third-order valence-electron chi connectivity index (χ3n) is 5.25. The van der Waals surface area contributed by atoms with Crippen molar-refractivity contribution in [1.29, 1.82) is 0 Å². The fourth-order valence-corrected chi connectivity index (χ4v) is 3.77. The van der Waals surface area contributed by atoms with Gasteiger partial charge in [-0.3, -0.25) is 4.79 Å². The Hall–Kier alpha value is -2.88. The van der Waals surface area contributed by atoms with E-state index in [9.17, 15) is 4.79 Å². The van der Waals surface area contributed by atoms with E-state index in [1.165, 1.54) is 12.0 Å². The predicted molar refractivity (Wildman–Crippen MR) is 109 cm³/mol. The summed E-state index contributed by atoms with van der Waals surface area (Å²) in [5, 5.41) is 7.94. The number of nitrogens with one attached hydrogen (secondary N) is 1. The molecular weight excluding hydrogens is 334 g/mol. The van der Waals surface area contributed by atoms with Gasteiger partial charge in [0, 0.05) is 17.5 Å². The van der Waals surface area contributed by atoms with Crippen LogP contribution in [0.1, 0.15) is 37.7 Å². The molecule has 4 nitrogen and oxygen atoms in total. The van der Waals surface area contributed by atoms with Gasteiger partial charge in [-0.15, -0.1) is 0 Å². The van der Waals surface area contributed by atoms with Crippen LogP contribution in [0, 0.1) is 12.8 Å². The van der Waals surface area contributed by atoms with E-state index in [1.54, 1.807) is 0 Å². The second-order valence-electron chi connectivity index (χ2n) is 7.36. The summed E-state index contributed by atoms with van der Waals surface area (Å²) in [5.41, 5.74) is 4.05. The van der Waals surface area contributed by atoms with E-state index < -0.39 is 0 Å². The molecule has 4 heteroatoms. The molecule has 0 bridgehead atoms. The standard InChI is InChI=1S/C23H25N3O/c1-17-9-8-12-19(15-17)21-16-22(24-23(27)18-10-4-2-5-11-18)26(25-21)20-13-6-3-7-14-20/h3,6-9,12-16,18H,2,4-5,10-11H2,1H3,(H,24,27). The van der Waals surface area contributed by atoms with Crippen LogP contribution in [0.2, 0.25) is 0 Å². The largest absolute Gasteiger partial charge is 0.310 e. The molecule has 1 saturated carbocycles. The van der Waals surface area contributed by atoms with Crippen molar-refractivity contribution >= 4 is 11.7 Å².